The molecule has 0 aromatic heterocycles. The van der Waals surface area contributed by atoms with Gasteiger partial charge in [0.1, 0.15) is 12.2 Å². The van der Waals surface area contributed by atoms with Gasteiger partial charge in [-0.15, -0.1) is 0 Å². The molecule has 2 atom stereocenters. The summed E-state index contributed by atoms with van der Waals surface area (Å²) in [4.78, 5) is 22.4. The lowest BCUT2D eigenvalue weighted by Crippen LogP contribution is -2.72. The van der Waals surface area contributed by atoms with E-state index in [2.05, 4.69) is 9.99 Å². The molecule has 0 heterocycles. The highest BCUT2D eigenvalue weighted by molar-refractivity contribution is 14.1. The van der Waals surface area contributed by atoms with Gasteiger partial charge in [-0.2, -0.15) is 0 Å². The lowest BCUT2D eigenvalue weighted by Gasteiger charge is -2.70. The minimum absolute atomic E-state index is 0.0125. The van der Waals surface area contributed by atoms with Crippen LogP contribution in [-0.2, 0) is 22.1 Å². The third kappa shape index (κ3) is 2.24. The highest BCUT2D eigenvalue weighted by Crippen LogP contribution is 2.69. The molecule has 0 aromatic carbocycles. The van der Waals surface area contributed by atoms with E-state index in [0.717, 1.165) is 25.7 Å². The molecule has 5 nitrogen and oxygen atoms in total. The Morgan fingerprint density at radius 1 is 1.20 bits per heavy atom. The molecule has 2 unspecified atom stereocenters. The minimum Gasteiger partial charge on any atom is -0.459 e. The van der Waals surface area contributed by atoms with Gasteiger partial charge < -0.3 is 12.5 Å². The monoisotopic (exact) mass is 394 g/mol. The van der Waals surface area contributed by atoms with Crippen molar-refractivity contribution in [3.8, 4) is 0 Å². The second-order valence-electron chi connectivity index (χ2n) is 6.71. The maximum atomic E-state index is 11.2. The minimum atomic E-state index is -0.342. The average Bonchev–Trinajstić information content (AvgIpc) is 2.32. The summed E-state index contributed by atoms with van der Waals surface area (Å²) in [7, 11) is 0. The van der Waals surface area contributed by atoms with Crippen LogP contribution in [0, 0.1) is 17.8 Å². The van der Waals surface area contributed by atoms with E-state index in [1.54, 1.807) is 23.0 Å². The number of esters is 1. The van der Waals surface area contributed by atoms with Crippen LogP contribution < -0.4 is 0 Å². The van der Waals surface area contributed by atoms with Crippen molar-refractivity contribution in [2.75, 3.05) is 6.61 Å². The van der Waals surface area contributed by atoms with Gasteiger partial charge in [-0.1, -0.05) is 0 Å². The van der Waals surface area contributed by atoms with Gasteiger partial charge in [0.2, 0.25) is 0 Å². The van der Waals surface area contributed by atoms with Crippen LogP contribution in [0.4, 0.5) is 0 Å². The third-order valence-electron chi connectivity index (χ3n) is 5.20. The molecule has 3 fully saturated rings. The Morgan fingerprint density at radius 2 is 1.80 bits per heavy atom. The molecular formula is C14H19IO5. The van der Waals surface area contributed by atoms with Crippen LogP contribution in [0.25, 0.3) is 0 Å². The first kappa shape index (κ1) is 14.6. The topological polar surface area (TPSA) is 61.8 Å². The smallest absolute Gasteiger partial charge is 0.341 e. The summed E-state index contributed by atoms with van der Waals surface area (Å²) in [5.74, 6) is 1.12. The SMILES string of the molecule is CC(=O)OC12CC3CC(C)(OCC(=O)OI)CC(C1)C32. The molecule has 0 saturated heterocycles. The Morgan fingerprint density at radius 3 is 2.30 bits per heavy atom. The lowest BCUT2D eigenvalue weighted by molar-refractivity contribution is -0.297. The number of hydrogen-bond donors (Lipinski definition) is 0. The van der Waals surface area contributed by atoms with Crippen LogP contribution in [-0.4, -0.2) is 29.7 Å². The average molecular weight is 394 g/mol. The summed E-state index contributed by atoms with van der Waals surface area (Å²) >= 11 is 1.58. The van der Waals surface area contributed by atoms with Crippen molar-refractivity contribution in [2.24, 2.45) is 17.8 Å². The predicted molar refractivity (Wildman–Crippen MR) is 77.9 cm³/mol. The molecule has 20 heavy (non-hydrogen) atoms. The van der Waals surface area contributed by atoms with E-state index in [1.165, 1.54) is 6.92 Å². The zero-order valence-electron chi connectivity index (χ0n) is 11.7. The van der Waals surface area contributed by atoms with Gasteiger partial charge in [-0.05, 0) is 44.4 Å². The van der Waals surface area contributed by atoms with Crippen LogP contribution in [0.1, 0.15) is 39.5 Å². The van der Waals surface area contributed by atoms with Crippen molar-refractivity contribution in [1.82, 2.24) is 0 Å². The highest BCUT2D eigenvalue weighted by Gasteiger charge is 2.71. The van der Waals surface area contributed by atoms with Crippen LogP contribution in [0.15, 0.2) is 0 Å². The van der Waals surface area contributed by atoms with E-state index < -0.39 is 0 Å². The van der Waals surface area contributed by atoms with Gasteiger partial charge >= 0.3 is 11.9 Å². The molecule has 0 radical (unpaired) electrons. The van der Waals surface area contributed by atoms with E-state index in [9.17, 15) is 9.59 Å². The van der Waals surface area contributed by atoms with Crippen LogP contribution in [0.5, 0.6) is 0 Å². The van der Waals surface area contributed by atoms with Gasteiger partial charge in [0.05, 0.1) is 5.60 Å². The van der Waals surface area contributed by atoms with Crippen LogP contribution in [0.2, 0.25) is 0 Å². The fourth-order valence-corrected chi connectivity index (χ4v) is 4.95. The third-order valence-corrected chi connectivity index (χ3v) is 5.69. The fourth-order valence-electron chi connectivity index (χ4n) is 4.82. The molecule has 0 aromatic rings. The number of rotatable bonds is 4. The molecule has 3 aliphatic rings. The predicted octanol–water partition coefficient (Wildman–Crippen LogP) is 2.41. The Labute approximate surface area is 132 Å². The maximum Gasteiger partial charge on any atom is 0.341 e. The van der Waals surface area contributed by atoms with E-state index in [0.29, 0.717) is 17.8 Å². The second kappa shape index (κ2) is 4.83. The molecular weight excluding hydrogens is 375 g/mol. The molecule has 112 valence electrons. The summed E-state index contributed by atoms with van der Waals surface area (Å²) < 4.78 is 15.9. The first-order valence-corrected chi connectivity index (χ1v) is 7.90. The normalized spacial score (nSPS) is 44.6. The van der Waals surface area contributed by atoms with Crippen molar-refractivity contribution in [3.63, 3.8) is 0 Å². The zero-order chi connectivity index (χ0) is 14.5. The molecule has 0 N–H and O–H groups in total. The van der Waals surface area contributed by atoms with Crippen LogP contribution in [0.3, 0.4) is 0 Å². The van der Waals surface area contributed by atoms with Gasteiger partial charge in [0, 0.05) is 12.8 Å². The number of hydrogen-bond acceptors (Lipinski definition) is 5. The molecule has 0 bridgehead atoms. The number of carbonyl (C=O) groups excluding carboxylic acids is 2. The van der Waals surface area contributed by atoms with Crippen molar-refractivity contribution in [3.05, 3.63) is 0 Å². The molecule has 0 aliphatic heterocycles. The first-order valence-electron chi connectivity index (χ1n) is 7.02. The Hall–Kier alpha value is -0.370. The van der Waals surface area contributed by atoms with E-state index in [4.69, 9.17) is 9.47 Å². The number of carbonyl (C=O) groups is 2. The maximum absolute atomic E-state index is 11.2. The standard InChI is InChI=1S/C14H19IO5/c1-8(16)19-14-5-9-3-13(2,18-7-11(17)20-15)4-10(6-14)12(9)14/h9-10,12H,3-7H2,1-2H3. The molecule has 6 heteroatoms. The van der Waals surface area contributed by atoms with Crippen molar-refractivity contribution >= 4 is 34.9 Å². The molecule has 0 spiro atoms. The van der Waals surface area contributed by atoms with Gasteiger partial charge in [0.15, 0.2) is 23.0 Å². The van der Waals surface area contributed by atoms with Crippen molar-refractivity contribution in [1.29, 1.82) is 0 Å². The van der Waals surface area contributed by atoms with E-state index in [1.807, 2.05) is 0 Å². The molecule has 3 rings (SSSR count). The van der Waals surface area contributed by atoms with E-state index in [-0.39, 0.29) is 29.7 Å². The Kier molecular flexibility index (Phi) is 3.52. The fraction of sp³-hybridized carbons (Fsp3) is 0.857. The Balaban J connectivity index is 1.59. The van der Waals surface area contributed by atoms with Gasteiger partial charge in [-0.3, -0.25) is 4.79 Å². The molecule has 3 aliphatic carbocycles. The lowest BCUT2D eigenvalue weighted by atomic mass is 9.39. The second-order valence-corrected chi connectivity index (χ2v) is 7.15. The summed E-state index contributed by atoms with van der Waals surface area (Å²) in [6.07, 6.45) is 3.77. The number of halogens is 1. The summed E-state index contributed by atoms with van der Waals surface area (Å²) in [5.41, 5.74) is -0.414. The van der Waals surface area contributed by atoms with Crippen LogP contribution >= 0.6 is 23.0 Å². The van der Waals surface area contributed by atoms with Crippen molar-refractivity contribution < 1.29 is 22.1 Å². The van der Waals surface area contributed by atoms with Gasteiger partial charge in [-0.25, -0.2) is 4.79 Å². The largest absolute Gasteiger partial charge is 0.459 e. The van der Waals surface area contributed by atoms with Crippen molar-refractivity contribution in [2.45, 2.75) is 50.7 Å². The van der Waals surface area contributed by atoms with E-state index >= 15 is 0 Å². The highest BCUT2D eigenvalue weighted by atomic mass is 127. The first-order chi connectivity index (χ1) is 9.37. The number of ether oxygens (including phenoxy) is 2. The summed E-state index contributed by atoms with van der Waals surface area (Å²) in [6, 6.07) is 0. The Bertz CT molecular complexity index is 433. The summed E-state index contributed by atoms with van der Waals surface area (Å²) in [5, 5.41) is 0. The summed E-state index contributed by atoms with van der Waals surface area (Å²) in [6.45, 7) is 3.58. The molecule has 3 saturated carbocycles. The van der Waals surface area contributed by atoms with Gasteiger partial charge in [0.25, 0.3) is 0 Å². The zero-order valence-corrected chi connectivity index (χ0v) is 13.8. The quantitative estimate of drug-likeness (QED) is 0.542. The molecule has 0 amide bonds.